The minimum absolute atomic E-state index is 0. The topological polar surface area (TPSA) is 74.8 Å². The summed E-state index contributed by atoms with van der Waals surface area (Å²) in [6.07, 6.45) is 6.28. The predicted octanol–water partition coefficient (Wildman–Crippen LogP) is 3.92. The van der Waals surface area contributed by atoms with E-state index in [9.17, 15) is 4.79 Å². The Bertz CT molecular complexity index is 633. The van der Waals surface area contributed by atoms with E-state index in [4.69, 9.17) is 4.74 Å². The van der Waals surface area contributed by atoms with Crippen molar-refractivity contribution < 1.29 is 9.53 Å². The number of rotatable bonds is 10. The molecular weight excluding hydrogens is 467 g/mol. The van der Waals surface area contributed by atoms with E-state index in [2.05, 4.69) is 20.9 Å². The summed E-state index contributed by atoms with van der Waals surface area (Å²) in [5.74, 6) is 0.862. The van der Waals surface area contributed by atoms with Crippen molar-refractivity contribution in [3.8, 4) is 0 Å². The number of guanidine groups is 1. The maximum absolute atomic E-state index is 11.8. The van der Waals surface area contributed by atoms with Gasteiger partial charge in [0.1, 0.15) is 0 Å². The summed E-state index contributed by atoms with van der Waals surface area (Å²) in [6, 6.07) is 7.92. The number of nitrogens with one attached hydrogen (secondary N) is 3. The number of amides is 1. The van der Waals surface area contributed by atoms with Crippen LogP contribution in [0, 0.1) is 5.41 Å². The summed E-state index contributed by atoms with van der Waals surface area (Å²) in [6.45, 7) is 4.39. The van der Waals surface area contributed by atoms with Gasteiger partial charge in [0, 0.05) is 46.0 Å². The van der Waals surface area contributed by atoms with Gasteiger partial charge in [-0.25, -0.2) is 0 Å². The van der Waals surface area contributed by atoms with Gasteiger partial charge in [0.2, 0.25) is 5.91 Å². The second kappa shape index (κ2) is 13.0. The molecule has 158 valence electrons. The number of anilines is 1. The summed E-state index contributed by atoms with van der Waals surface area (Å²) in [7, 11) is 3.55. The predicted molar refractivity (Wildman–Crippen MR) is 126 cm³/mol. The highest BCUT2D eigenvalue weighted by Gasteiger charge is 2.36. The van der Waals surface area contributed by atoms with E-state index in [1.165, 1.54) is 19.3 Å². The molecule has 6 nitrogen and oxygen atoms in total. The number of methoxy groups -OCH3 is 1. The van der Waals surface area contributed by atoms with Crippen molar-refractivity contribution >= 4 is 41.5 Å². The number of benzene rings is 1. The van der Waals surface area contributed by atoms with Crippen LogP contribution in [-0.4, -0.2) is 39.2 Å². The van der Waals surface area contributed by atoms with Gasteiger partial charge in [0.05, 0.1) is 0 Å². The number of carbonyl (C=O) groups is 1. The number of carbonyl (C=O) groups excluding carboxylic acids is 1. The average Bonchev–Trinajstić information content (AvgIpc) is 2.63. The monoisotopic (exact) mass is 502 g/mol. The van der Waals surface area contributed by atoms with Gasteiger partial charge in [-0.05, 0) is 48.8 Å². The van der Waals surface area contributed by atoms with Crippen molar-refractivity contribution in [2.45, 2.75) is 52.0 Å². The number of ether oxygens (including phenoxy) is 1. The van der Waals surface area contributed by atoms with Crippen molar-refractivity contribution in [3.05, 3.63) is 29.8 Å². The van der Waals surface area contributed by atoms with E-state index >= 15 is 0 Å². The molecule has 1 aliphatic rings. The Hall–Kier alpha value is -1.35. The van der Waals surface area contributed by atoms with Gasteiger partial charge >= 0.3 is 0 Å². The molecule has 0 aliphatic heterocycles. The third kappa shape index (κ3) is 7.95. The summed E-state index contributed by atoms with van der Waals surface area (Å²) in [5, 5.41) is 9.77. The fourth-order valence-electron chi connectivity index (χ4n) is 3.40. The molecule has 1 aromatic rings. The van der Waals surface area contributed by atoms with Crippen LogP contribution < -0.4 is 16.0 Å². The van der Waals surface area contributed by atoms with Crippen molar-refractivity contribution in [3.63, 3.8) is 0 Å². The molecule has 0 atom stereocenters. The first kappa shape index (κ1) is 24.7. The molecule has 1 fully saturated rings. The lowest BCUT2D eigenvalue weighted by Crippen LogP contribution is -2.46. The first-order valence-corrected chi connectivity index (χ1v) is 9.93. The van der Waals surface area contributed by atoms with Gasteiger partial charge in [0.25, 0.3) is 0 Å². The second-order valence-electron chi connectivity index (χ2n) is 7.37. The molecular formula is C21H35IN4O2. The van der Waals surface area contributed by atoms with Gasteiger partial charge in [-0.15, -0.1) is 24.0 Å². The van der Waals surface area contributed by atoms with Crippen LogP contribution in [0.5, 0.6) is 0 Å². The highest BCUT2D eigenvalue weighted by molar-refractivity contribution is 14.0. The highest BCUT2D eigenvalue weighted by Crippen LogP contribution is 2.43. The standard InChI is InChI=1S/C21H34N4O2.HI/c1-4-7-19(26)25-18-9-5-8-17(14-18)15-23-20(22-2)24-16-21(10-6-11-21)12-13-27-3;/h5,8-9,14H,4,6-7,10-13,15-16H2,1-3H3,(H,25,26)(H2,22,23,24);1H. The van der Waals surface area contributed by atoms with Crippen molar-refractivity contribution in [1.82, 2.24) is 10.6 Å². The molecule has 3 N–H and O–H groups in total. The maximum Gasteiger partial charge on any atom is 0.224 e. The Morgan fingerprint density at radius 3 is 2.68 bits per heavy atom. The van der Waals surface area contributed by atoms with Gasteiger partial charge in [-0.3, -0.25) is 9.79 Å². The summed E-state index contributed by atoms with van der Waals surface area (Å²) < 4.78 is 5.26. The van der Waals surface area contributed by atoms with Gasteiger partial charge < -0.3 is 20.7 Å². The van der Waals surface area contributed by atoms with Crippen molar-refractivity contribution in [1.29, 1.82) is 0 Å². The van der Waals surface area contributed by atoms with Crippen LogP contribution in [0.15, 0.2) is 29.3 Å². The largest absolute Gasteiger partial charge is 0.385 e. The van der Waals surface area contributed by atoms with Gasteiger partial charge in [0.15, 0.2) is 5.96 Å². The molecule has 0 saturated heterocycles. The van der Waals surface area contributed by atoms with E-state index < -0.39 is 0 Å². The number of aliphatic imine (C=N–C) groups is 1. The molecule has 1 saturated carbocycles. The molecule has 1 aromatic carbocycles. The Morgan fingerprint density at radius 2 is 2.07 bits per heavy atom. The van der Waals surface area contributed by atoms with E-state index in [0.717, 1.165) is 43.2 Å². The van der Waals surface area contributed by atoms with E-state index in [1.807, 2.05) is 31.2 Å². The fourth-order valence-corrected chi connectivity index (χ4v) is 3.40. The second-order valence-corrected chi connectivity index (χ2v) is 7.37. The molecule has 2 rings (SSSR count). The molecule has 28 heavy (non-hydrogen) atoms. The normalized spacial score (nSPS) is 15.2. The lowest BCUT2D eigenvalue weighted by molar-refractivity contribution is -0.116. The maximum atomic E-state index is 11.8. The molecule has 0 bridgehead atoms. The van der Waals surface area contributed by atoms with Gasteiger partial charge in [-0.1, -0.05) is 25.5 Å². The Morgan fingerprint density at radius 1 is 1.29 bits per heavy atom. The Labute approximate surface area is 186 Å². The molecule has 0 heterocycles. The van der Waals surface area contributed by atoms with Crippen molar-refractivity contribution in [2.75, 3.05) is 32.6 Å². The molecule has 0 unspecified atom stereocenters. The Kier molecular flexibility index (Phi) is 11.4. The van der Waals surface area contributed by atoms with Gasteiger partial charge in [-0.2, -0.15) is 0 Å². The van der Waals surface area contributed by atoms with Crippen LogP contribution in [0.2, 0.25) is 0 Å². The SMILES string of the molecule is CCCC(=O)Nc1cccc(CNC(=NC)NCC2(CCOC)CCC2)c1.I. The molecule has 0 spiro atoms. The smallest absolute Gasteiger partial charge is 0.224 e. The molecule has 1 amide bonds. The summed E-state index contributed by atoms with van der Waals surface area (Å²) >= 11 is 0. The van der Waals surface area contributed by atoms with Crippen LogP contribution in [0.25, 0.3) is 0 Å². The number of nitrogens with zero attached hydrogens (tertiary/aromatic N) is 1. The van der Waals surface area contributed by atoms with Crippen LogP contribution in [-0.2, 0) is 16.1 Å². The van der Waals surface area contributed by atoms with E-state index in [-0.39, 0.29) is 29.9 Å². The number of hydrogen-bond acceptors (Lipinski definition) is 3. The quantitative estimate of drug-likeness (QED) is 0.258. The molecule has 1 aliphatic carbocycles. The minimum atomic E-state index is 0. The zero-order valence-corrected chi connectivity index (χ0v) is 19.7. The van der Waals surface area contributed by atoms with Crippen LogP contribution >= 0.6 is 24.0 Å². The minimum Gasteiger partial charge on any atom is -0.385 e. The van der Waals surface area contributed by atoms with Crippen LogP contribution in [0.1, 0.15) is 51.0 Å². The first-order chi connectivity index (χ1) is 13.1. The third-order valence-electron chi connectivity index (χ3n) is 5.25. The average molecular weight is 502 g/mol. The number of halogens is 1. The van der Waals surface area contributed by atoms with E-state index in [0.29, 0.717) is 18.4 Å². The fraction of sp³-hybridized carbons (Fsp3) is 0.619. The number of hydrogen-bond donors (Lipinski definition) is 3. The van der Waals surface area contributed by atoms with Crippen LogP contribution in [0.4, 0.5) is 5.69 Å². The Balaban J connectivity index is 0.00000392. The zero-order chi connectivity index (χ0) is 19.5. The van der Waals surface area contributed by atoms with Crippen molar-refractivity contribution in [2.24, 2.45) is 10.4 Å². The lowest BCUT2D eigenvalue weighted by atomic mass is 9.67. The lowest BCUT2D eigenvalue weighted by Gasteiger charge is -2.42. The first-order valence-electron chi connectivity index (χ1n) is 9.93. The summed E-state index contributed by atoms with van der Waals surface area (Å²) in [4.78, 5) is 16.1. The zero-order valence-electron chi connectivity index (χ0n) is 17.3. The molecule has 0 radical (unpaired) electrons. The van der Waals surface area contributed by atoms with Crippen LogP contribution in [0.3, 0.4) is 0 Å². The summed E-state index contributed by atoms with van der Waals surface area (Å²) in [5.41, 5.74) is 2.28. The third-order valence-corrected chi connectivity index (χ3v) is 5.25. The molecule has 7 heteroatoms. The van der Waals surface area contributed by atoms with E-state index in [1.54, 1.807) is 14.2 Å². The highest BCUT2D eigenvalue weighted by atomic mass is 127. The molecule has 0 aromatic heterocycles.